The maximum Gasteiger partial charge on any atom is 0.410 e. The Kier molecular flexibility index (Phi) is 13.1. The fraction of sp³-hybridized carbons (Fsp3) is 0.412. The highest BCUT2D eigenvalue weighted by atomic mass is 79.9. The third-order valence-electron chi connectivity index (χ3n) is 7.39. The lowest BCUT2D eigenvalue weighted by Crippen LogP contribution is -2.58. The second kappa shape index (κ2) is 16.7. The number of fused-ring (bicyclic) bond motifs is 2. The second-order valence-corrected chi connectivity index (χ2v) is 16.4. The van der Waals surface area contributed by atoms with E-state index in [4.69, 9.17) is 26.8 Å². The van der Waals surface area contributed by atoms with E-state index >= 15 is 0 Å². The largest absolute Gasteiger partial charge is 0.444 e. The Labute approximate surface area is 326 Å². The predicted molar refractivity (Wildman–Crippen MR) is 208 cm³/mol. The number of nitro groups is 2. The zero-order valence-corrected chi connectivity index (χ0v) is 33.7. The second-order valence-electron chi connectivity index (χ2n) is 14.2. The molecule has 2 aromatic carbocycles. The number of likely N-dealkylation sites (tertiary alicyclic amines) is 2. The number of hydrogen-bond acceptors (Lipinski definition) is 12. The number of ether oxygens (including phenoxy) is 2. The third-order valence-corrected chi connectivity index (χ3v) is 8.78. The first-order valence-electron chi connectivity index (χ1n) is 16.2. The molecule has 2 aliphatic rings. The third kappa shape index (κ3) is 11.3. The molecule has 0 bridgehead atoms. The van der Waals surface area contributed by atoms with E-state index < -0.39 is 21.0 Å². The molecule has 0 unspecified atom stereocenters. The van der Waals surface area contributed by atoms with Gasteiger partial charge in [0.15, 0.2) is 0 Å². The first-order valence-corrected chi connectivity index (χ1v) is 18.2. The van der Waals surface area contributed by atoms with Crippen LogP contribution in [0.5, 0.6) is 0 Å². The van der Waals surface area contributed by atoms with Crippen molar-refractivity contribution in [2.45, 2.75) is 64.8 Å². The van der Waals surface area contributed by atoms with E-state index in [-0.39, 0.29) is 40.7 Å². The van der Waals surface area contributed by atoms with Gasteiger partial charge in [0.05, 0.1) is 26.9 Å². The SMILES string of the molecule is CC(C)(C)OC(=O)N1CC(N)C1.CC(C)(C)OC(=O)N1CC(Nc2c([N+](=O)[O-])cnc3ccc(Br)cc23)C1.O=[N+]([O-])c1cnc2ccc(Br)cc2c1Cl. The van der Waals surface area contributed by atoms with Crippen molar-refractivity contribution in [3.8, 4) is 0 Å². The monoisotopic (exact) mass is 880 g/mol. The molecular formula is C34H39Br2ClN8O8. The first kappa shape index (κ1) is 41.4. The number of aromatic nitrogens is 2. The number of hydrogen-bond donors (Lipinski definition) is 2. The highest BCUT2D eigenvalue weighted by Gasteiger charge is 2.35. The summed E-state index contributed by atoms with van der Waals surface area (Å²) in [5.41, 5.74) is 5.99. The summed E-state index contributed by atoms with van der Waals surface area (Å²) in [5.74, 6) is 0. The number of anilines is 1. The van der Waals surface area contributed by atoms with Crippen molar-refractivity contribution >= 4 is 94.5 Å². The van der Waals surface area contributed by atoms with Gasteiger partial charge < -0.3 is 30.3 Å². The van der Waals surface area contributed by atoms with Crippen molar-refractivity contribution in [3.63, 3.8) is 0 Å². The summed E-state index contributed by atoms with van der Waals surface area (Å²) >= 11 is 12.6. The Morgan fingerprint density at radius 1 is 0.811 bits per heavy atom. The summed E-state index contributed by atoms with van der Waals surface area (Å²) in [6.07, 6.45) is 1.78. The van der Waals surface area contributed by atoms with Crippen LogP contribution in [0, 0.1) is 20.2 Å². The van der Waals surface area contributed by atoms with Gasteiger partial charge in [-0.2, -0.15) is 0 Å². The van der Waals surface area contributed by atoms with E-state index in [9.17, 15) is 29.8 Å². The van der Waals surface area contributed by atoms with Gasteiger partial charge in [-0.25, -0.2) is 19.6 Å². The summed E-state index contributed by atoms with van der Waals surface area (Å²) in [5, 5.41) is 26.6. The molecule has 284 valence electrons. The van der Waals surface area contributed by atoms with Crippen molar-refractivity contribution in [2.75, 3.05) is 31.5 Å². The number of benzene rings is 2. The van der Waals surface area contributed by atoms with Crippen LogP contribution in [0.4, 0.5) is 26.7 Å². The molecule has 2 amide bonds. The molecule has 0 aliphatic carbocycles. The summed E-state index contributed by atoms with van der Waals surface area (Å²) in [7, 11) is 0. The van der Waals surface area contributed by atoms with Crippen LogP contribution in [0.25, 0.3) is 21.8 Å². The predicted octanol–water partition coefficient (Wildman–Crippen LogP) is 8.06. The Hall–Kier alpha value is -4.39. The van der Waals surface area contributed by atoms with Gasteiger partial charge in [-0.3, -0.25) is 20.2 Å². The first-order chi connectivity index (χ1) is 24.6. The highest BCUT2D eigenvalue weighted by Crippen LogP contribution is 2.35. The smallest absolute Gasteiger partial charge is 0.410 e. The van der Waals surface area contributed by atoms with Gasteiger partial charge in [0.1, 0.15) is 34.3 Å². The molecule has 16 nitrogen and oxygen atoms in total. The zero-order valence-electron chi connectivity index (χ0n) is 29.8. The number of carbonyl (C=O) groups is 2. The molecule has 2 fully saturated rings. The summed E-state index contributed by atoms with van der Waals surface area (Å²) < 4.78 is 12.1. The van der Waals surface area contributed by atoms with Crippen LogP contribution >= 0.6 is 43.5 Å². The maximum absolute atomic E-state index is 12.0. The van der Waals surface area contributed by atoms with Crippen molar-refractivity contribution in [2.24, 2.45) is 5.73 Å². The Morgan fingerprint density at radius 2 is 1.25 bits per heavy atom. The van der Waals surface area contributed by atoms with Gasteiger partial charge in [-0.1, -0.05) is 43.5 Å². The number of nitrogens with two attached hydrogens (primary N) is 1. The molecule has 0 spiro atoms. The normalized spacial score (nSPS) is 14.5. The lowest BCUT2D eigenvalue weighted by molar-refractivity contribution is -0.384. The number of carbonyl (C=O) groups excluding carboxylic acids is 2. The van der Waals surface area contributed by atoms with Crippen LogP contribution in [0.2, 0.25) is 5.02 Å². The van der Waals surface area contributed by atoms with Crippen LogP contribution in [-0.4, -0.2) is 91.3 Å². The van der Waals surface area contributed by atoms with Crippen molar-refractivity contribution < 1.29 is 28.9 Å². The number of nitrogens with one attached hydrogen (secondary N) is 1. The summed E-state index contributed by atoms with van der Waals surface area (Å²) in [6.45, 7) is 13.1. The molecular weight excluding hydrogens is 844 g/mol. The molecule has 2 saturated heterocycles. The summed E-state index contributed by atoms with van der Waals surface area (Å²) in [6, 6.07) is 10.7. The standard InChI is InChI=1S/C17H19BrN4O4.C9H4BrClN2O2.C8H16N2O2/c1-17(2,3)26-16(23)21-8-11(9-21)20-15-12-6-10(18)4-5-13(12)19-7-14(15)22(24)25;10-5-1-2-7-6(3-5)9(11)8(4-12-7)13(14)15;1-8(2,3)12-7(11)10-4-6(9)5-10/h4-7,11H,8-9H2,1-3H3,(H,19,20);1-4H;6H,4-5,9H2,1-3H3. The van der Waals surface area contributed by atoms with Crippen molar-refractivity contribution in [1.29, 1.82) is 0 Å². The van der Waals surface area contributed by atoms with Crippen LogP contribution in [0.3, 0.4) is 0 Å². The fourth-order valence-electron chi connectivity index (χ4n) is 4.93. The Morgan fingerprint density at radius 3 is 1.70 bits per heavy atom. The van der Waals surface area contributed by atoms with E-state index in [1.54, 1.807) is 40.1 Å². The van der Waals surface area contributed by atoms with E-state index in [2.05, 4.69) is 47.1 Å². The van der Waals surface area contributed by atoms with Gasteiger partial charge in [0.25, 0.3) is 0 Å². The van der Waals surface area contributed by atoms with Gasteiger partial charge >= 0.3 is 23.6 Å². The lowest BCUT2D eigenvalue weighted by Gasteiger charge is -2.40. The van der Waals surface area contributed by atoms with Crippen molar-refractivity contribution in [3.05, 3.63) is 83.0 Å². The van der Waals surface area contributed by atoms with Gasteiger partial charge in [0.2, 0.25) is 0 Å². The average molecular weight is 883 g/mol. The van der Waals surface area contributed by atoms with E-state index in [0.717, 1.165) is 8.95 Å². The molecule has 4 heterocycles. The molecule has 0 atom stereocenters. The molecule has 6 rings (SSSR count). The average Bonchev–Trinajstić information content (AvgIpc) is 3.00. The van der Waals surface area contributed by atoms with Crippen LogP contribution in [0.1, 0.15) is 41.5 Å². The fourth-order valence-corrected chi connectivity index (χ4v) is 5.92. The molecule has 3 N–H and O–H groups in total. The maximum atomic E-state index is 12.0. The number of nitrogens with zero attached hydrogens (tertiary/aromatic N) is 6. The minimum Gasteiger partial charge on any atom is -0.444 e. The lowest BCUT2D eigenvalue weighted by atomic mass is 10.1. The van der Waals surface area contributed by atoms with Crippen LogP contribution in [0.15, 0.2) is 57.7 Å². The molecule has 2 aromatic heterocycles. The number of halogens is 3. The van der Waals surface area contributed by atoms with Crippen LogP contribution < -0.4 is 11.1 Å². The van der Waals surface area contributed by atoms with E-state index in [1.165, 1.54) is 12.4 Å². The molecule has 0 saturated carbocycles. The molecule has 19 heteroatoms. The molecule has 4 aromatic rings. The van der Waals surface area contributed by atoms with Gasteiger partial charge in [-0.05, 0) is 77.9 Å². The molecule has 2 aliphatic heterocycles. The minimum atomic E-state index is -0.554. The highest BCUT2D eigenvalue weighted by molar-refractivity contribution is 9.10. The Balaban J connectivity index is 0.000000196. The number of amides is 2. The molecule has 53 heavy (non-hydrogen) atoms. The topological polar surface area (TPSA) is 209 Å². The van der Waals surface area contributed by atoms with E-state index in [0.29, 0.717) is 53.7 Å². The van der Waals surface area contributed by atoms with E-state index in [1.807, 2.05) is 47.6 Å². The van der Waals surface area contributed by atoms with Crippen molar-refractivity contribution in [1.82, 2.24) is 19.8 Å². The molecule has 0 radical (unpaired) electrons. The van der Waals surface area contributed by atoms with Gasteiger partial charge in [0, 0.05) is 51.9 Å². The summed E-state index contributed by atoms with van der Waals surface area (Å²) in [4.78, 5) is 55.5. The number of pyridine rings is 2. The van der Waals surface area contributed by atoms with Crippen LogP contribution in [-0.2, 0) is 9.47 Å². The van der Waals surface area contributed by atoms with Gasteiger partial charge in [-0.15, -0.1) is 0 Å². The zero-order chi connectivity index (χ0) is 39.4. The quantitative estimate of drug-likeness (QED) is 0.147. The Bertz CT molecular complexity index is 2030. The minimum absolute atomic E-state index is 0.0914. The number of rotatable bonds is 4.